The number of hydrogen-bond acceptors (Lipinski definition) is 8. The Morgan fingerprint density at radius 3 is 0.889 bits per heavy atom. The molecule has 8 nitrogen and oxygen atoms in total. The van der Waals surface area contributed by atoms with Crippen LogP contribution in [0.5, 0.6) is 0 Å². The Morgan fingerprint density at radius 1 is 0.630 bits per heavy atom. The second-order valence-corrected chi connectivity index (χ2v) is 5.71. The van der Waals surface area contributed by atoms with Crippen molar-refractivity contribution in [3.05, 3.63) is 30.3 Å². The number of benzene rings is 1. The number of hydrogen-bond donors (Lipinski definition) is 0. The summed E-state index contributed by atoms with van der Waals surface area (Å²) in [7, 11) is 0. The first kappa shape index (κ1) is 32.6. The Labute approximate surface area is 173 Å². The normalized spacial score (nSPS) is 7.78. The van der Waals surface area contributed by atoms with Crippen molar-refractivity contribution >= 4 is 50.4 Å². The van der Waals surface area contributed by atoms with E-state index in [0.717, 1.165) is 0 Å². The topological polar surface area (TPSA) is 161 Å². The fourth-order valence-electron chi connectivity index (χ4n) is 0.428. The van der Waals surface area contributed by atoms with E-state index in [-0.39, 0.29) is 25.7 Å². The number of carbonyl (C=O) groups excluding carboxylic acids is 4. The molecule has 0 saturated heterocycles. The molecular weight excluding hydrogens is 466 g/mol. The van der Waals surface area contributed by atoms with Gasteiger partial charge in [-0.1, -0.05) is 27.7 Å². The van der Waals surface area contributed by atoms with E-state index in [4.69, 9.17) is 0 Å². The molecule has 0 N–H and O–H groups in total. The van der Waals surface area contributed by atoms with Crippen LogP contribution in [0.3, 0.4) is 0 Å². The summed E-state index contributed by atoms with van der Waals surface area (Å²) in [5.41, 5.74) is 0. The SMILES string of the molecule is CCC(=O)[O-].CCC(=O)[O-].CCC(=O)[O-].CCC(=O)[O-].[Sb+4][c]1ccccc1. The Bertz CT molecular complexity index is 447. The van der Waals surface area contributed by atoms with Gasteiger partial charge < -0.3 is 39.6 Å². The van der Waals surface area contributed by atoms with Crippen molar-refractivity contribution in [3.63, 3.8) is 0 Å². The van der Waals surface area contributed by atoms with Gasteiger partial charge in [0.25, 0.3) is 0 Å². The van der Waals surface area contributed by atoms with Crippen molar-refractivity contribution in [1.82, 2.24) is 0 Å². The number of aliphatic carboxylic acids is 4. The summed E-state index contributed by atoms with van der Waals surface area (Å²) >= 11 is 1.76. The summed E-state index contributed by atoms with van der Waals surface area (Å²) < 4.78 is 1.37. The maximum atomic E-state index is 9.26. The van der Waals surface area contributed by atoms with Gasteiger partial charge in [-0.25, -0.2) is 0 Å². The molecular formula is C18H25O8Sb. The quantitative estimate of drug-likeness (QED) is 0.405. The second-order valence-electron chi connectivity index (χ2n) is 4.24. The molecule has 0 saturated carbocycles. The summed E-state index contributed by atoms with van der Waals surface area (Å²) in [4.78, 5) is 37.0. The maximum absolute atomic E-state index is 9.26. The van der Waals surface area contributed by atoms with E-state index in [0.29, 0.717) is 0 Å². The molecule has 0 unspecified atom stereocenters. The predicted molar refractivity (Wildman–Crippen MR) is 93.0 cm³/mol. The molecule has 0 fully saturated rings. The van der Waals surface area contributed by atoms with Crippen LogP contribution in [0.25, 0.3) is 0 Å². The van der Waals surface area contributed by atoms with Crippen molar-refractivity contribution in [2.75, 3.05) is 0 Å². The Balaban J connectivity index is -0.000000124. The average Bonchev–Trinajstić information content (AvgIpc) is 2.64. The van der Waals surface area contributed by atoms with Gasteiger partial charge in [0.2, 0.25) is 0 Å². The minimum atomic E-state index is -0.995. The van der Waals surface area contributed by atoms with Crippen LogP contribution in [0.4, 0.5) is 0 Å². The summed E-state index contributed by atoms with van der Waals surface area (Å²) in [5.74, 6) is -3.98. The van der Waals surface area contributed by atoms with Gasteiger partial charge in [-0.15, -0.1) is 0 Å². The van der Waals surface area contributed by atoms with Crippen LogP contribution >= 0.6 is 0 Å². The van der Waals surface area contributed by atoms with Gasteiger partial charge in [0, 0.05) is 23.9 Å². The molecule has 0 aliphatic heterocycles. The van der Waals surface area contributed by atoms with Crippen LogP contribution in [0, 0.1) is 0 Å². The first-order valence-electron chi connectivity index (χ1n) is 8.01. The Morgan fingerprint density at radius 2 is 0.815 bits per heavy atom. The van der Waals surface area contributed by atoms with Crippen molar-refractivity contribution in [2.24, 2.45) is 0 Å². The fourth-order valence-corrected chi connectivity index (χ4v) is 0.919. The Kier molecular flexibility index (Phi) is 31.6. The van der Waals surface area contributed by atoms with Gasteiger partial charge in [-0.3, -0.25) is 0 Å². The van der Waals surface area contributed by atoms with E-state index < -0.39 is 23.9 Å². The third-order valence-electron chi connectivity index (χ3n) is 1.91. The molecule has 1 rings (SSSR count). The standard InChI is InChI=1S/C6H5.4C3H6O2.Sb/c1-2-4-6-5-3-1;4*1-2-3(4)5;/h1-5H;4*2H2,1H3,(H,4,5);/q;;;;;+4/p-4. The van der Waals surface area contributed by atoms with Crippen LogP contribution in [-0.2, 0) is 19.2 Å². The van der Waals surface area contributed by atoms with Crippen molar-refractivity contribution in [2.45, 2.75) is 53.4 Å². The first-order chi connectivity index (χ1) is 12.5. The number of carbonyl (C=O) groups is 4. The zero-order valence-electron chi connectivity index (χ0n) is 15.9. The zero-order valence-corrected chi connectivity index (χ0v) is 18.5. The van der Waals surface area contributed by atoms with E-state index in [2.05, 4.69) is 12.1 Å². The molecule has 150 valence electrons. The van der Waals surface area contributed by atoms with Crippen LogP contribution in [0.15, 0.2) is 30.3 Å². The third-order valence-corrected chi connectivity index (χ3v) is 2.76. The van der Waals surface area contributed by atoms with E-state index >= 15 is 0 Å². The van der Waals surface area contributed by atoms with Crippen molar-refractivity contribution in [1.29, 1.82) is 0 Å². The molecule has 0 atom stereocenters. The molecule has 0 radical (unpaired) electrons. The van der Waals surface area contributed by atoms with Gasteiger partial charge in [0.1, 0.15) is 0 Å². The molecule has 0 spiro atoms. The van der Waals surface area contributed by atoms with Gasteiger partial charge in [-0.2, -0.15) is 0 Å². The minimum absolute atomic E-state index is 0.111. The molecule has 1 aromatic rings. The van der Waals surface area contributed by atoms with Crippen LogP contribution in [-0.4, -0.2) is 46.9 Å². The van der Waals surface area contributed by atoms with Crippen LogP contribution in [0.2, 0.25) is 0 Å². The van der Waals surface area contributed by atoms with Gasteiger partial charge in [-0.05, 0) is 25.7 Å². The number of carboxylic acid groups (broad SMARTS) is 4. The van der Waals surface area contributed by atoms with Crippen LogP contribution in [0.1, 0.15) is 53.4 Å². The summed E-state index contributed by atoms with van der Waals surface area (Å²) in [6.45, 7) is 6.15. The van der Waals surface area contributed by atoms with E-state index in [1.54, 1.807) is 23.0 Å². The monoisotopic (exact) mass is 490 g/mol. The molecule has 9 heteroatoms. The molecule has 0 bridgehead atoms. The van der Waals surface area contributed by atoms with Crippen molar-refractivity contribution < 1.29 is 39.6 Å². The zero-order chi connectivity index (χ0) is 22.3. The first-order valence-corrected chi connectivity index (χ1v) is 9.29. The van der Waals surface area contributed by atoms with Gasteiger partial charge in [0.15, 0.2) is 0 Å². The van der Waals surface area contributed by atoms with Crippen molar-refractivity contribution in [3.8, 4) is 0 Å². The molecule has 0 aliphatic carbocycles. The fraction of sp³-hybridized carbons (Fsp3) is 0.444. The van der Waals surface area contributed by atoms with E-state index in [1.807, 2.05) is 18.2 Å². The predicted octanol–water partition coefficient (Wildman–Crippen LogP) is -2.93. The molecule has 0 aromatic heterocycles. The molecule has 0 amide bonds. The average molecular weight is 491 g/mol. The molecule has 1 aromatic carbocycles. The van der Waals surface area contributed by atoms with E-state index in [1.165, 1.54) is 31.2 Å². The summed E-state index contributed by atoms with van der Waals surface area (Å²) in [5, 5.41) is 37.0. The summed E-state index contributed by atoms with van der Waals surface area (Å²) in [6, 6.07) is 10.3. The number of carboxylic acids is 4. The third kappa shape index (κ3) is 59.3. The molecule has 0 heterocycles. The number of rotatable bonds is 4. The second kappa shape index (κ2) is 26.2. The molecule has 27 heavy (non-hydrogen) atoms. The van der Waals surface area contributed by atoms with Crippen LogP contribution < -0.4 is 23.9 Å². The van der Waals surface area contributed by atoms with E-state index in [9.17, 15) is 39.6 Å². The molecule has 0 aliphatic rings. The van der Waals surface area contributed by atoms with Gasteiger partial charge in [0.05, 0.1) is 0 Å². The van der Waals surface area contributed by atoms with Gasteiger partial charge >= 0.3 is 56.9 Å². The summed E-state index contributed by atoms with van der Waals surface area (Å²) in [6.07, 6.45) is 0.444. The Hall–Kier alpha value is -2.08.